The van der Waals surface area contributed by atoms with Crippen molar-refractivity contribution in [2.24, 2.45) is 5.92 Å². The molecule has 232 valence electrons. The second-order valence-corrected chi connectivity index (χ2v) is 16.2. The molecule has 2 aromatic rings. The Balaban J connectivity index is 1.88. The molecular weight excluding hydrogens is 576 g/mol. The lowest BCUT2D eigenvalue weighted by molar-refractivity contribution is -0.139. The van der Waals surface area contributed by atoms with E-state index in [1.54, 1.807) is 19.1 Å². The van der Waals surface area contributed by atoms with Crippen LogP contribution in [0, 0.1) is 12.8 Å². The van der Waals surface area contributed by atoms with E-state index in [1.807, 2.05) is 37.3 Å². The van der Waals surface area contributed by atoms with Gasteiger partial charge in [0.25, 0.3) is 5.91 Å². The van der Waals surface area contributed by atoms with Crippen molar-refractivity contribution in [2.45, 2.75) is 77.4 Å². The summed E-state index contributed by atoms with van der Waals surface area (Å²) in [5.74, 6) is -1.61. The molecule has 1 aliphatic rings. The number of aliphatic carboxylic acids is 1. The maximum absolute atomic E-state index is 13.4. The van der Waals surface area contributed by atoms with E-state index in [0.717, 1.165) is 42.2 Å². The smallest absolute Gasteiger partial charge is 0.326 e. The van der Waals surface area contributed by atoms with Gasteiger partial charge in [0.15, 0.2) is 9.84 Å². The minimum atomic E-state index is -3.41. The van der Waals surface area contributed by atoms with Gasteiger partial charge in [0.1, 0.15) is 15.9 Å². The van der Waals surface area contributed by atoms with Crippen molar-refractivity contribution in [1.29, 1.82) is 0 Å². The first-order valence-corrected chi connectivity index (χ1v) is 18.5. The first-order chi connectivity index (χ1) is 19.8. The summed E-state index contributed by atoms with van der Waals surface area (Å²) in [6, 6.07) is 11.3. The number of hydrogen-bond donors (Lipinski definition) is 3. The second kappa shape index (κ2) is 15.1. The molecule has 0 saturated heterocycles. The minimum absolute atomic E-state index is 0.0786. The minimum Gasteiger partial charge on any atom is -0.480 e. The standard InChI is InChI=1S/C31H44N2O7S2/c1-4-42(39,40)21-25(18-23-11-6-5-7-12-23)32-20-24-14-15-27(28(19-24)26-13-9-8-10-22(26)2)30(34)33-29(31(35)36)16-17-41(3,37)38/h8-10,13-15,19,23,25,29,32H,4-7,11-12,16-18,20-21H2,1-3H3,(H,33,34)(H,35,36). The maximum atomic E-state index is 13.4. The summed E-state index contributed by atoms with van der Waals surface area (Å²) < 4.78 is 48.3. The van der Waals surface area contributed by atoms with Crippen LogP contribution in [0.1, 0.15) is 73.4 Å². The summed E-state index contributed by atoms with van der Waals surface area (Å²) in [7, 11) is -6.59. The van der Waals surface area contributed by atoms with Gasteiger partial charge in [-0.1, -0.05) is 69.4 Å². The van der Waals surface area contributed by atoms with Crippen LogP contribution in [0.25, 0.3) is 11.1 Å². The van der Waals surface area contributed by atoms with Crippen LogP contribution < -0.4 is 10.6 Å². The molecule has 0 radical (unpaired) electrons. The van der Waals surface area contributed by atoms with Crippen LogP contribution in [0.2, 0.25) is 0 Å². The lowest BCUT2D eigenvalue weighted by atomic mass is 9.85. The number of benzene rings is 2. The fourth-order valence-electron chi connectivity index (χ4n) is 5.54. The van der Waals surface area contributed by atoms with Gasteiger partial charge in [0.05, 0.1) is 11.5 Å². The Kier molecular flexibility index (Phi) is 12.1. The van der Waals surface area contributed by atoms with Crippen molar-refractivity contribution in [1.82, 2.24) is 10.6 Å². The average Bonchev–Trinajstić information content (AvgIpc) is 2.93. The molecule has 0 aromatic heterocycles. The Morgan fingerprint density at radius 1 is 1.00 bits per heavy atom. The Labute approximate surface area is 250 Å². The molecule has 1 fully saturated rings. The zero-order chi connectivity index (χ0) is 30.9. The number of carbonyl (C=O) groups is 2. The van der Waals surface area contributed by atoms with E-state index in [1.165, 1.54) is 19.3 Å². The fourth-order valence-corrected chi connectivity index (χ4v) is 7.31. The first kappa shape index (κ1) is 33.7. The number of amides is 1. The number of carboxylic acid groups (broad SMARTS) is 1. The normalized spacial score (nSPS) is 16.1. The molecule has 0 aliphatic heterocycles. The molecule has 3 rings (SSSR count). The maximum Gasteiger partial charge on any atom is 0.326 e. The fraction of sp³-hybridized carbons (Fsp3) is 0.548. The van der Waals surface area contributed by atoms with Crippen molar-refractivity contribution >= 4 is 31.6 Å². The molecule has 0 heterocycles. The van der Waals surface area contributed by atoms with Crippen LogP contribution in [0.15, 0.2) is 42.5 Å². The molecule has 1 amide bonds. The van der Waals surface area contributed by atoms with Crippen LogP contribution in [0.3, 0.4) is 0 Å². The topological polar surface area (TPSA) is 147 Å². The largest absolute Gasteiger partial charge is 0.480 e. The van der Waals surface area contributed by atoms with Gasteiger partial charge in [-0.3, -0.25) is 4.79 Å². The predicted molar refractivity (Wildman–Crippen MR) is 166 cm³/mol. The molecule has 1 aliphatic carbocycles. The average molecular weight is 621 g/mol. The lowest BCUT2D eigenvalue weighted by Gasteiger charge is -2.27. The lowest BCUT2D eigenvalue weighted by Crippen LogP contribution is -2.42. The molecule has 2 unspecified atom stereocenters. The van der Waals surface area contributed by atoms with E-state index in [2.05, 4.69) is 10.6 Å². The third-order valence-electron chi connectivity index (χ3n) is 7.98. The number of nitrogens with one attached hydrogen (secondary N) is 2. The van der Waals surface area contributed by atoms with Crippen LogP contribution in [-0.4, -0.2) is 69.4 Å². The van der Waals surface area contributed by atoms with Crippen molar-refractivity contribution in [3.8, 4) is 11.1 Å². The van der Waals surface area contributed by atoms with Gasteiger partial charge in [-0.25, -0.2) is 21.6 Å². The summed E-state index contributed by atoms with van der Waals surface area (Å²) in [5.41, 5.74) is 3.47. The Morgan fingerprint density at radius 2 is 1.69 bits per heavy atom. The number of carbonyl (C=O) groups excluding carboxylic acids is 1. The Morgan fingerprint density at radius 3 is 2.31 bits per heavy atom. The highest BCUT2D eigenvalue weighted by Crippen LogP contribution is 2.30. The Bertz CT molecular complexity index is 1450. The highest BCUT2D eigenvalue weighted by Gasteiger charge is 2.26. The molecule has 9 nitrogen and oxygen atoms in total. The summed E-state index contributed by atoms with van der Waals surface area (Å²) in [6.07, 6.45) is 7.40. The molecule has 2 atom stereocenters. The van der Waals surface area contributed by atoms with E-state index >= 15 is 0 Å². The number of sulfone groups is 2. The van der Waals surface area contributed by atoms with Crippen molar-refractivity contribution in [2.75, 3.05) is 23.5 Å². The van der Waals surface area contributed by atoms with Gasteiger partial charge in [0.2, 0.25) is 0 Å². The van der Waals surface area contributed by atoms with Crippen LogP contribution in [-0.2, 0) is 31.0 Å². The Hall–Kier alpha value is -2.76. The van der Waals surface area contributed by atoms with E-state index in [-0.39, 0.29) is 35.3 Å². The van der Waals surface area contributed by atoms with Crippen molar-refractivity contribution < 1.29 is 31.5 Å². The molecule has 0 spiro atoms. The van der Waals surface area contributed by atoms with Gasteiger partial charge in [0, 0.05) is 30.2 Å². The molecule has 0 bridgehead atoms. The quantitative estimate of drug-likeness (QED) is 0.269. The summed E-state index contributed by atoms with van der Waals surface area (Å²) in [6.45, 7) is 3.99. The highest BCUT2D eigenvalue weighted by atomic mass is 32.2. The van der Waals surface area contributed by atoms with Crippen LogP contribution in [0.5, 0.6) is 0 Å². The molecule has 3 N–H and O–H groups in total. The predicted octanol–water partition coefficient (Wildman–Crippen LogP) is 4.14. The van der Waals surface area contributed by atoms with Gasteiger partial charge in [-0.15, -0.1) is 0 Å². The molecular formula is C31H44N2O7S2. The van der Waals surface area contributed by atoms with E-state index in [9.17, 15) is 31.5 Å². The van der Waals surface area contributed by atoms with Crippen LogP contribution in [0.4, 0.5) is 0 Å². The second-order valence-electron chi connectivity index (χ2n) is 11.5. The van der Waals surface area contributed by atoms with Crippen molar-refractivity contribution in [3.05, 3.63) is 59.2 Å². The number of aryl methyl sites for hydroxylation is 1. The molecule has 2 aromatic carbocycles. The van der Waals surface area contributed by atoms with Crippen LogP contribution >= 0.6 is 0 Å². The first-order valence-electron chi connectivity index (χ1n) is 14.6. The highest BCUT2D eigenvalue weighted by molar-refractivity contribution is 7.91. The van der Waals surface area contributed by atoms with E-state index < -0.39 is 37.6 Å². The number of carboxylic acids is 1. The van der Waals surface area contributed by atoms with Gasteiger partial charge in [-0.2, -0.15) is 0 Å². The zero-order valence-corrected chi connectivity index (χ0v) is 26.4. The van der Waals surface area contributed by atoms with Gasteiger partial charge < -0.3 is 15.7 Å². The van der Waals surface area contributed by atoms with Gasteiger partial charge in [-0.05, 0) is 60.1 Å². The molecule has 11 heteroatoms. The number of hydrogen-bond acceptors (Lipinski definition) is 7. The summed E-state index contributed by atoms with van der Waals surface area (Å²) in [5, 5.41) is 15.6. The number of rotatable bonds is 15. The van der Waals surface area contributed by atoms with E-state index in [0.29, 0.717) is 18.0 Å². The zero-order valence-electron chi connectivity index (χ0n) is 24.8. The van der Waals surface area contributed by atoms with E-state index in [4.69, 9.17) is 0 Å². The molecule has 1 saturated carbocycles. The van der Waals surface area contributed by atoms with Gasteiger partial charge >= 0.3 is 5.97 Å². The summed E-state index contributed by atoms with van der Waals surface area (Å²) >= 11 is 0. The SMILES string of the molecule is CCS(=O)(=O)CC(CC1CCCCC1)NCc1ccc(C(=O)NC(CCS(C)(=O)=O)C(=O)O)c(-c2ccccc2C)c1. The monoisotopic (exact) mass is 620 g/mol. The van der Waals surface area contributed by atoms with Crippen molar-refractivity contribution in [3.63, 3.8) is 0 Å². The summed E-state index contributed by atoms with van der Waals surface area (Å²) in [4.78, 5) is 25.2. The third kappa shape index (κ3) is 10.5. The third-order valence-corrected chi connectivity index (χ3v) is 10.7. The molecule has 42 heavy (non-hydrogen) atoms.